The van der Waals surface area contributed by atoms with Crippen LogP contribution in [-0.4, -0.2) is 125 Å². The quantitative estimate of drug-likeness (QED) is 0.121. The first-order chi connectivity index (χ1) is 32.1. The summed E-state index contributed by atoms with van der Waals surface area (Å²) in [5, 5.41) is 19.2. The third-order valence-electron chi connectivity index (χ3n) is 13.3. The van der Waals surface area contributed by atoms with Crippen LogP contribution in [0.4, 0.5) is 0 Å². The normalized spacial score (nSPS) is 24.3. The Balaban J connectivity index is 2.29. The molecule has 0 radical (unpaired) electrons. The van der Waals surface area contributed by atoms with Crippen molar-refractivity contribution in [3.8, 4) is 6.07 Å². The van der Waals surface area contributed by atoms with Crippen LogP contribution in [0.3, 0.4) is 0 Å². The zero-order valence-electron chi connectivity index (χ0n) is 43.0. The van der Waals surface area contributed by atoms with E-state index >= 15 is 0 Å². The summed E-state index contributed by atoms with van der Waals surface area (Å²) in [7, 11) is 4.46. The number of aromatic amines is 1. The van der Waals surface area contributed by atoms with E-state index in [4.69, 9.17) is 4.74 Å². The van der Waals surface area contributed by atoms with E-state index in [1.807, 2.05) is 71.9 Å². The van der Waals surface area contributed by atoms with Crippen LogP contribution in [0.15, 0.2) is 30.5 Å². The first kappa shape index (κ1) is 56.9. The van der Waals surface area contributed by atoms with Gasteiger partial charge in [0.05, 0.1) is 6.07 Å². The van der Waals surface area contributed by atoms with E-state index in [2.05, 4.69) is 34.8 Å². The van der Waals surface area contributed by atoms with Gasteiger partial charge in [-0.25, -0.2) is 4.79 Å². The second kappa shape index (κ2) is 27.5. The number of H-pyrrole nitrogens is 1. The number of carbonyl (C=O) groups is 7. The van der Waals surface area contributed by atoms with Gasteiger partial charge >= 0.3 is 5.97 Å². The number of rotatable bonds is 18. The maximum Gasteiger partial charge on any atom is 0.329 e. The van der Waals surface area contributed by atoms with Gasteiger partial charge in [-0.3, -0.25) is 28.8 Å². The second-order valence-electron chi connectivity index (χ2n) is 20.1. The van der Waals surface area contributed by atoms with Gasteiger partial charge in [0.2, 0.25) is 29.5 Å². The number of hydrogen-bond donors (Lipinski definition) is 4. The molecule has 2 aromatic rings. The van der Waals surface area contributed by atoms with Crippen molar-refractivity contribution >= 4 is 52.3 Å². The number of nitrogens with one attached hydrogen (secondary N) is 4. The molecule has 4 N–H and O–H groups in total. The van der Waals surface area contributed by atoms with Crippen LogP contribution in [0, 0.1) is 35.0 Å². The average Bonchev–Trinajstić information content (AvgIpc) is 3.71. The van der Waals surface area contributed by atoms with Gasteiger partial charge < -0.3 is 40.4 Å². The highest BCUT2D eigenvalue weighted by molar-refractivity contribution is 5.98. The number of esters is 1. The Hall–Kier alpha value is -5.46. The lowest BCUT2D eigenvalue weighted by atomic mass is 9.94. The summed E-state index contributed by atoms with van der Waals surface area (Å²) in [5.74, 6) is -4.74. The number of unbranched alkanes of at least 4 members (excludes halogenated alkanes) is 2. The summed E-state index contributed by atoms with van der Waals surface area (Å²) in [5.41, 5.74) is 1.59. The number of benzene rings is 1. The van der Waals surface area contributed by atoms with Gasteiger partial charge in [-0.2, -0.15) is 5.26 Å². The van der Waals surface area contributed by atoms with Crippen LogP contribution >= 0.6 is 0 Å². The van der Waals surface area contributed by atoms with E-state index in [1.165, 1.54) is 42.8 Å². The van der Waals surface area contributed by atoms with Crippen LogP contribution in [0.25, 0.3) is 10.9 Å². The Morgan fingerprint density at radius 1 is 0.662 bits per heavy atom. The molecule has 6 amide bonds. The van der Waals surface area contributed by atoms with Gasteiger partial charge in [0.15, 0.2) is 6.10 Å². The molecule has 0 bridgehead atoms. The van der Waals surface area contributed by atoms with Crippen molar-refractivity contribution in [2.24, 2.45) is 23.7 Å². The van der Waals surface area contributed by atoms with Gasteiger partial charge in [-0.15, -0.1) is 0 Å². The summed E-state index contributed by atoms with van der Waals surface area (Å²) in [6, 6.07) is 2.76. The lowest BCUT2D eigenvalue weighted by molar-refractivity contribution is -0.163. The molecule has 68 heavy (non-hydrogen) atoms. The number of hydrogen-bond acceptors (Lipinski definition) is 9. The lowest BCUT2D eigenvalue weighted by Crippen LogP contribution is -2.60. The number of para-hydroxylation sites is 1. The molecule has 3 rings (SSSR count). The predicted octanol–water partition coefficient (Wildman–Crippen LogP) is 6.42. The number of likely N-dealkylation sites (N-methyl/N-ethyl adjacent to an activating group) is 3. The highest BCUT2D eigenvalue weighted by Crippen LogP contribution is 2.24. The van der Waals surface area contributed by atoms with Crippen molar-refractivity contribution in [3.05, 3.63) is 36.0 Å². The average molecular weight is 947 g/mol. The first-order valence-corrected chi connectivity index (χ1v) is 25.0. The molecule has 0 aliphatic carbocycles. The molecule has 9 atom stereocenters. The number of carbonyl (C=O) groups excluding carboxylic acids is 7. The van der Waals surface area contributed by atoms with E-state index in [9.17, 15) is 38.8 Å². The molecule has 16 heteroatoms. The minimum Gasteiger partial charge on any atom is -0.451 e. The monoisotopic (exact) mass is 947 g/mol. The largest absolute Gasteiger partial charge is 0.451 e. The number of cyclic esters (lactones) is 1. The number of fused-ring (bicyclic) bond motifs is 1. The smallest absolute Gasteiger partial charge is 0.329 e. The Kier molecular flexibility index (Phi) is 23.0. The number of nitriles is 1. The summed E-state index contributed by atoms with van der Waals surface area (Å²) >= 11 is 0. The summed E-state index contributed by atoms with van der Waals surface area (Å²) in [6.45, 7) is 17.3. The topological polar surface area (TPSA) is 214 Å². The number of nitrogens with zero attached hydrogens (tertiary/aromatic N) is 4. The molecule has 1 saturated heterocycles. The zero-order valence-corrected chi connectivity index (χ0v) is 43.0. The van der Waals surface area contributed by atoms with E-state index in [1.54, 1.807) is 6.20 Å². The molecule has 16 nitrogen and oxygen atoms in total. The van der Waals surface area contributed by atoms with Crippen molar-refractivity contribution in [1.82, 2.24) is 35.6 Å². The zero-order chi connectivity index (χ0) is 50.8. The Morgan fingerprint density at radius 3 is 1.68 bits per heavy atom. The maximum atomic E-state index is 15.0. The standard InChI is InChI=1S/C52H82N8O8/c1-13-15-20-34(7)28-41-49(64)58(10)36(9)52(67)68-45(24-19-25-53)48(63)57-42(29-35(8)21-16-14-2)51(66)59(11)43(27-33(5)6)46(61)55-40(26-32(3)4)50(65)60(12)44(47(62)56-41)30-37-31-54-39-23-18-17-22-38(37)39/h17-18,22-23,31-36,40-45,54H,13-16,19-21,24,26-30H2,1-12H3,(H,55,61)(H,56,62)(H,57,63)/t34-,35-,36+,40+,41+,42+,43+,44+,45-/m1/s1. The van der Waals surface area contributed by atoms with Gasteiger partial charge in [-0.05, 0) is 67.9 Å². The van der Waals surface area contributed by atoms with E-state index < -0.39 is 83.8 Å². The van der Waals surface area contributed by atoms with Crippen molar-refractivity contribution in [2.45, 2.75) is 188 Å². The van der Waals surface area contributed by atoms with E-state index in [0.717, 1.165) is 55.0 Å². The van der Waals surface area contributed by atoms with Crippen molar-refractivity contribution in [1.29, 1.82) is 5.26 Å². The first-order valence-electron chi connectivity index (χ1n) is 25.0. The molecule has 378 valence electrons. The molecule has 1 fully saturated rings. The van der Waals surface area contributed by atoms with Crippen LogP contribution in [0.2, 0.25) is 0 Å². The third kappa shape index (κ3) is 16.4. The van der Waals surface area contributed by atoms with Crippen LogP contribution < -0.4 is 16.0 Å². The second-order valence-corrected chi connectivity index (χ2v) is 20.1. The van der Waals surface area contributed by atoms with Crippen LogP contribution in [0.5, 0.6) is 0 Å². The van der Waals surface area contributed by atoms with Crippen molar-refractivity contribution in [3.63, 3.8) is 0 Å². The molecule has 1 aliphatic rings. The van der Waals surface area contributed by atoms with Crippen molar-refractivity contribution < 1.29 is 38.3 Å². The Morgan fingerprint density at radius 2 is 1.15 bits per heavy atom. The SMILES string of the molecule is CCCC[C@@H](C)C[C@@H]1NC(=O)[C@H](Cc2c[nH]c3ccccc23)N(C)C(=O)[C@H](CC(C)C)NC(=O)[C@H](CC(C)C)N(C)C(=O)[C@H](C[C@H](C)CCCC)NC(=O)[C@@H](CCC#N)OC(=O)[C@H](C)N(C)C1=O. The van der Waals surface area contributed by atoms with E-state index in [0.29, 0.717) is 0 Å². The molecule has 0 spiro atoms. The van der Waals surface area contributed by atoms with Crippen molar-refractivity contribution in [2.75, 3.05) is 21.1 Å². The molecule has 1 aliphatic heterocycles. The molecular formula is C52H82N8O8. The Labute approximate surface area is 405 Å². The third-order valence-corrected chi connectivity index (χ3v) is 13.3. The summed E-state index contributed by atoms with van der Waals surface area (Å²) < 4.78 is 5.82. The highest BCUT2D eigenvalue weighted by atomic mass is 16.5. The number of aromatic nitrogens is 1. The fourth-order valence-electron chi connectivity index (χ4n) is 8.96. The summed E-state index contributed by atoms with van der Waals surface area (Å²) in [6.07, 6.45) is 6.09. The molecule has 1 aromatic carbocycles. The highest BCUT2D eigenvalue weighted by Gasteiger charge is 2.41. The van der Waals surface area contributed by atoms with Gasteiger partial charge in [0.1, 0.15) is 36.3 Å². The van der Waals surface area contributed by atoms with Gasteiger partial charge in [0.25, 0.3) is 5.91 Å². The van der Waals surface area contributed by atoms with Gasteiger partial charge in [-0.1, -0.05) is 112 Å². The lowest BCUT2D eigenvalue weighted by Gasteiger charge is -2.35. The van der Waals surface area contributed by atoms with Crippen LogP contribution in [0.1, 0.15) is 145 Å². The minimum atomic E-state index is -1.49. The molecule has 1 aromatic heterocycles. The van der Waals surface area contributed by atoms with Gasteiger partial charge in [0, 0.05) is 57.5 Å². The van der Waals surface area contributed by atoms with Crippen LogP contribution in [-0.2, 0) is 44.7 Å². The van der Waals surface area contributed by atoms with E-state index in [-0.39, 0.29) is 68.6 Å². The molecule has 2 heterocycles. The molecule has 0 saturated carbocycles. The fourth-order valence-corrected chi connectivity index (χ4v) is 8.96. The predicted molar refractivity (Wildman–Crippen MR) is 263 cm³/mol. The minimum absolute atomic E-state index is 0.0253. The maximum absolute atomic E-state index is 15.0. The Bertz CT molecular complexity index is 2050. The summed E-state index contributed by atoms with van der Waals surface area (Å²) in [4.78, 5) is 109. The molecule has 0 unspecified atom stereocenters. The fraction of sp³-hybridized carbons (Fsp3) is 0.692. The molecular weight excluding hydrogens is 865 g/mol. The number of ether oxygens (including phenoxy) is 1. The number of amides is 6.